The summed E-state index contributed by atoms with van der Waals surface area (Å²) in [6.07, 6.45) is 1.65. The predicted octanol–water partition coefficient (Wildman–Crippen LogP) is 3.32. The number of carbonyl (C=O) groups excluding carboxylic acids is 2. The highest BCUT2D eigenvalue weighted by atomic mass is 16.5. The number of carbonyl (C=O) groups is 2. The van der Waals surface area contributed by atoms with Crippen molar-refractivity contribution in [2.75, 3.05) is 53.1 Å². The molecule has 4 rings (SSSR count). The third-order valence-corrected chi connectivity index (χ3v) is 6.54. The number of ketones is 1. The van der Waals surface area contributed by atoms with Crippen LogP contribution in [0.3, 0.4) is 0 Å². The van der Waals surface area contributed by atoms with Crippen LogP contribution in [0.2, 0.25) is 0 Å². The maximum absolute atomic E-state index is 13.3. The molecule has 2 aliphatic rings. The second kappa shape index (κ2) is 11.4. The lowest BCUT2D eigenvalue weighted by atomic mass is 9.94. The van der Waals surface area contributed by atoms with Gasteiger partial charge in [-0.1, -0.05) is 24.8 Å². The quantitative estimate of drug-likeness (QED) is 0.249. The molecule has 0 bridgehead atoms. The van der Waals surface area contributed by atoms with Gasteiger partial charge in [0.2, 0.25) is 0 Å². The van der Waals surface area contributed by atoms with Crippen molar-refractivity contribution in [1.29, 1.82) is 0 Å². The van der Waals surface area contributed by atoms with E-state index in [1.165, 1.54) is 0 Å². The SMILES string of the molecule is C=CCOc1ccc(C(O)=C2C(=O)C(=O)N(CCN3CCOCC3)[C@@H]2c2ccc(OC)cc2)cc1C. The number of methoxy groups -OCH3 is 1. The molecule has 2 aromatic rings. The third-order valence-electron chi connectivity index (χ3n) is 6.54. The van der Waals surface area contributed by atoms with E-state index in [1.54, 1.807) is 48.4 Å². The Hall–Kier alpha value is -3.62. The minimum atomic E-state index is -0.714. The molecule has 8 nitrogen and oxygen atoms in total. The number of morpholine rings is 1. The molecule has 0 aliphatic carbocycles. The summed E-state index contributed by atoms with van der Waals surface area (Å²) in [6, 6.07) is 11.7. The number of aliphatic hydroxyl groups excluding tert-OH is 1. The first-order valence-corrected chi connectivity index (χ1v) is 12.0. The lowest BCUT2D eigenvalue weighted by Crippen LogP contribution is -2.42. The van der Waals surface area contributed by atoms with E-state index in [0.29, 0.717) is 50.0 Å². The van der Waals surface area contributed by atoms with Gasteiger partial charge in [0.05, 0.1) is 31.9 Å². The average Bonchev–Trinajstić information content (AvgIpc) is 3.16. The number of rotatable bonds is 9. The maximum Gasteiger partial charge on any atom is 0.295 e. The molecule has 0 spiro atoms. The van der Waals surface area contributed by atoms with Gasteiger partial charge in [-0.25, -0.2) is 0 Å². The van der Waals surface area contributed by atoms with Crippen LogP contribution in [0.25, 0.3) is 5.76 Å². The second-order valence-electron chi connectivity index (χ2n) is 8.80. The number of aliphatic hydroxyl groups is 1. The molecular formula is C28H32N2O6. The molecule has 2 fully saturated rings. The number of hydrogen-bond donors (Lipinski definition) is 1. The molecule has 2 aliphatic heterocycles. The molecule has 8 heteroatoms. The minimum Gasteiger partial charge on any atom is -0.507 e. The van der Waals surface area contributed by atoms with Crippen molar-refractivity contribution in [3.8, 4) is 11.5 Å². The summed E-state index contributed by atoms with van der Waals surface area (Å²) in [5, 5.41) is 11.3. The fraction of sp³-hybridized carbons (Fsp3) is 0.357. The summed E-state index contributed by atoms with van der Waals surface area (Å²) in [7, 11) is 1.58. The van der Waals surface area contributed by atoms with E-state index in [2.05, 4.69) is 11.5 Å². The minimum absolute atomic E-state index is 0.0753. The first-order valence-electron chi connectivity index (χ1n) is 12.0. The Balaban J connectivity index is 1.72. The highest BCUT2D eigenvalue weighted by Crippen LogP contribution is 2.40. The van der Waals surface area contributed by atoms with E-state index in [0.717, 1.165) is 24.2 Å². The number of ether oxygens (including phenoxy) is 3. The molecule has 0 saturated carbocycles. The fourth-order valence-corrected chi connectivity index (χ4v) is 4.58. The molecule has 1 N–H and O–H groups in total. The topological polar surface area (TPSA) is 88.5 Å². The zero-order chi connectivity index (χ0) is 25.7. The maximum atomic E-state index is 13.3. The summed E-state index contributed by atoms with van der Waals surface area (Å²) in [5.41, 5.74) is 2.04. The number of amides is 1. The Labute approximate surface area is 211 Å². The largest absolute Gasteiger partial charge is 0.507 e. The molecule has 2 aromatic carbocycles. The summed E-state index contributed by atoms with van der Waals surface area (Å²) in [5.74, 6) is -0.200. The Morgan fingerprint density at radius 2 is 1.86 bits per heavy atom. The lowest BCUT2D eigenvalue weighted by Gasteiger charge is -2.31. The molecule has 2 heterocycles. The first-order chi connectivity index (χ1) is 17.4. The summed E-state index contributed by atoms with van der Waals surface area (Å²) in [4.78, 5) is 30.2. The van der Waals surface area contributed by atoms with E-state index < -0.39 is 17.7 Å². The van der Waals surface area contributed by atoms with Gasteiger partial charge in [0.25, 0.3) is 11.7 Å². The fourth-order valence-electron chi connectivity index (χ4n) is 4.58. The van der Waals surface area contributed by atoms with Gasteiger partial charge in [-0.3, -0.25) is 14.5 Å². The van der Waals surface area contributed by atoms with Gasteiger partial charge in [0.1, 0.15) is 23.9 Å². The number of Topliss-reactive ketones (excluding diaryl/α,β-unsaturated/α-hetero) is 1. The second-order valence-corrected chi connectivity index (χ2v) is 8.80. The zero-order valence-corrected chi connectivity index (χ0v) is 20.7. The Morgan fingerprint density at radius 1 is 1.14 bits per heavy atom. The molecule has 0 radical (unpaired) electrons. The highest BCUT2D eigenvalue weighted by molar-refractivity contribution is 6.46. The number of likely N-dealkylation sites (tertiary alicyclic amines) is 1. The standard InChI is InChI=1S/C28H32N2O6/c1-4-15-36-23-10-7-21(18-19(23)2)26(31)24-25(20-5-8-22(34-3)9-6-20)30(28(33)27(24)32)12-11-29-13-16-35-17-14-29/h4-10,18,25,31H,1,11-17H2,2-3H3/t25-/m1/s1. The Kier molecular flexibility index (Phi) is 8.07. The molecular weight excluding hydrogens is 460 g/mol. The normalized spacial score (nSPS) is 19.9. The van der Waals surface area contributed by atoms with Crippen molar-refractivity contribution in [2.45, 2.75) is 13.0 Å². The smallest absolute Gasteiger partial charge is 0.295 e. The Morgan fingerprint density at radius 3 is 2.50 bits per heavy atom. The summed E-state index contributed by atoms with van der Waals surface area (Å²) < 4.78 is 16.3. The van der Waals surface area contributed by atoms with Crippen LogP contribution in [0.15, 0.2) is 60.7 Å². The van der Waals surface area contributed by atoms with Crippen molar-refractivity contribution in [1.82, 2.24) is 9.80 Å². The van der Waals surface area contributed by atoms with E-state index in [4.69, 9.17) is 14.2 Å². The van der Waals surface area contributed by atoms with Crippen molar-refractivity contribution in [2.24, 2.45) is 0 Å². The van der Waals surface area contributed by atoms with E-state index in [-0.39, 0.29) is 11.3 Å². The van der Waals surface area contributed by atoms with Crippen LogP contribution in [0, 0.1) is 6.92 Å². The molecule has 0 unspecified atom stereocenters. The highest BCUT2D eigenvalue weighted by Gasteiger charge is 2.46. The van der Waals surface area contributed by atoms with Crippen LogP contribution in [0.1, 0.15) is 22.7 Å². The summed E-state index contributed by atoms with van der Waals surface area (Å²) >= 11 is 0. The lowest BCUT2D eigenvalue weighted by molar-refractivity contribution is -0.140. The third kappa shape index (κ3) is 5.29. The molecule has 1 amide bonds. The first kappa shape index (κ1) is 25.5. The van der Waals surface area contributed by atoms with Crippen LogP contribution in [0.5, 0.6) is 11.5 Å². The van der Waals surface area contributed by atoms with Crippen LogP contribution >= 0.6 is 0 Å². The van der Waals surface area contributed by atoms with Crippen molar-refractivity contribution in [3.63, 3.8) is 0 Å². The van der Waals surface area contributed by atoms with Crippen LogP contribution in [0.4, 0.5) is 0 Å². The molecule has 190 valence electrons. The van der Waals surface area contributed by atoms with Gasteiger partial charge in [-0.15, -0.1) is 0 Å². The number of benzene rings is 2. The van der Waals surface area contributed by atoms with E-state index in [9.17, 15) is 14.7 Å². The van der Waals surface area contributed by atoms with E-state index >= 15 is 0 Å². The van der Waals surface area contributed by atoms with Gasteiger partial charge in [0.15, 0.2) is 0 Å². The predicted molar refractivity (Wildman–Crippen MR) is 136 cm³/mol. The number of hydrogen-bond acceptors (Lipinski definition) is 7. The number of aryl methyl sites for hydroxylation is 1. The molecule has 36 heavy (non-hydrogen) atoms. The monoisotopic (exact) mass is 492 g/mol. The van der Waals surface area contributed by atoms with Crippen LogP contribution in [-0.2, 0) is 14.3 Å². The Bertz CT molecular complexity index is 1150. The number of nitrogens with zero attached hydrogens (tertiary/aromatic N) is 2. The van der Waals surface area contributed by atoms with Gasteiger partial charge in [-0.05, 0) is 48.4 Å². The van der Waals surface area contributed by atoms with Crippen molar-refractivity contribution >= 4 is 17.4 Å². The van der Waals surface area contributed by atoms with E-state index in [1.807, 2.05) is 19.1 Å². The molecule has 1 atom stereocenters. The zero-order valence-electron chi connectivity index (χ0n) is 20.7. The van der Waals surface area contributed by atoms with Crippen LogP contribution in [-0.4, -0.2) is 79.7 Å². The van der Waals surface area contributed by atoms with Gasteiger partial charge < -0.3 is 24.2 Å². The summed E-state index contributed by atoms with van der Waals surface area (Å²) in [6.45, 7) is 9.67. The molecule has 0 aromatic heterocycles. The van der Waals surface area contributed by atoms with Gasteiger partial charge in [0, 0.05) is 31.7 Å². The van der Waals surface area contributed by atoms with Crippen LogP contribution < -0.4 is 9.47 Å². The van der Waals surface area contributed by atoms with Crippen molar-refractivity contribution in [3.05, 3.63) is 77.4 Å². The van der Waals surface area contributed by atoms with Gasteiger partial charge >= 0.3 is 0 Å². The molecule has 2 saturated heterocycles. The van der Waals surface area contributed by atoms with Gasteiger partial charge in [-0.2, -0.15) is 0 Å². The van der Waals surface area contributed by atoms with Crippen molar-refractivity contribution < 1.29 is 28.9 Å². The average molecular weight is 493 g/mol.